The molecule has 0 aromatic carbocycles. The molecule has 0 saturated heterocycles. The summed E-state index contributed by atoms with van der Waals surface area (Å²) in [6.45, 7) is 0. The van der Waals surface area contributed by atoms with Crippen LogP contribution in [0.15, 0.2) is 23.8 Å². The Kier molecular flexibility index (Phi) is 2.39. The lowest BCUT2D eigenvalue weighted by atomic mass is 9.97. The fourth-order valence-electron chi connectivity index (χ4n) is 0.966. The summed E-state index contributed by atoms with van der Waals surface area (Å²) in [7, 11) is 0. The van der Waals surface area contributed by atoms with E-state index in [4.69, 9.17) is 0 Å². The molecule has 1 nitrogen and oxygen atoms in total. The Morgan fingerprint density at radius 2 is 1.79 bits per heavy atom. The van der Waals surface area contributed by atoms with E-state index in [1.54, 1.807) is 0 Å². The van der Waals surface area contributed by atoms with Gasteiger partial charge in [0.15, 0.2) is 11.7 Å². The summed E-state index contributed by atoms with van der Waals surface area (Å²) in [6, 6.07) is 0. The van der Waals surface area contributed by atoms with Crippen molar-refractivity contribution in [2.24, 2.45) is 11.7 Å². The van der Waals surface area contributed by atoms with Gasteiger partial charge in [-0.15, -0.1) is 0 Å². The number of alkyl halides is 4. The van der Waals surface area contributed by atoms with E-state index in [9.17, 15) is 26.3 Å². The molecule has 0 aromatic heterocycles. The van der Waals surface area contributed by atoms with Crippen molar-refractivity contribution in [3.05, 3.63) is 23.8 Å². The van der Waals surface area contributed by atoms with Gasteiger partial charge in [-0.2, -0.15) is 13.2 Å². The molecule has 2 atom stereocenters. The molecule has 80 valence electrons. The van der Waals surface area contributed by atoms with Gasteiger partial charge in [-0.1, -0.05) is 6.08 Å². The normalized spacial score (nSPS) is 33.8. The van der Waals surface area contributed by atoms with Gasteiger partial charge in [0.2, 0.25) is 5.79 Å². The fourth-order valence-corrected chi connectivity index (χ4v) is 0.966. The largest absolute Gasteiger partial charge is 0.401 e. The molecule has 0 saturated carbocycles. The zero-order chi connectivity index (χ0) is 11.1. The first-order chi connectivity index (χ1) is 6.16. The number of hydrogen-bond acceptors (Lipinski definition) is 1. The number of halogens is 6. The Morgan fingerprint density at radius 3 is 2.21 bits per heavy atom. The van der Waals surface area contributed by atoms with Crippen LogP contribution in [0.2, 0.25) is 0 Å². The highest BCUT2D eigenvalue weighted by Gasteiger charge is 2.48. The minimum atomic E-state index is -4.99. The SMILES string of the molecule is NC1(F)C=CC(C(F)(F)F)C(F)=C1F. The zero-order valence-electron chi connectivity index (χ0n) is 6.58. The molecule has 2 N–H and O–H groups in total. The molecule has 0 aromatic rings. The van der Waals surface area contributed by atoms with E-state index < -0.39 is 29.5 Å². The van der Waals surface area contributed by atoms with Crippen molar-refractivity contribution in [2.75, 3.05) is 0 Å². The van der Waals surface area contributed by atoms with E-state index in [0.29, 0.717) is 0 Å². The number of hydrogen-bond donors (Lipinski definition) is 1. The summed E-state index contributed by atoms with van der Waals surface area (Å²) < 4.78 is 73.8. The van der Waals surface area contributed by atoms with E-state index in [1.165, 1.54) is 0 Å². The lowest BCUT2D eigenvalue weighted by molar-refractivity contribution is -0.157. The van der Waals surface area contributed by atoms with Crippen molar-refractivity contribution in [1.82, 2.24) is 0 Å². The van der Waals surface area contributed by atoms with Crippen LogP contribution in [-0.4, -0.2) is 12.0 Å². The zero-order valence-corrected chi connectivity index (χ0v) is 6.58. The van der Waals surface area contributed by atoms with Crippen molar-refractivity contribution in [3.8, 4) is 0 Å². The van der Waals surface area contributed by atoms with Crippen molar-refractivity contribution in [2.45, 2.75) is 12.0 Å². The van der Waals surface area contributed by atoms with Gasteiger partial charge in [0, 0.05) is 0 Å². The minimum Gasteiger partial charge on any atom is -0.290 e. The topological polar surface area (TPSA) is 26.0 Å². The molecule has 0 bridgehead atoms. The molecule has 1 rings (SSSR count). The number of nitrogens with two attached hydrogens (primary N) is 1. The quantitative estimate of drug-likeness (QED) is 0.376. The minimum absolute atomic E-state index is 0.142. The Balaban J connectivity index is 3.11. The van der Waals surface area contributed by atoms with Gasteiger partial charge < -0.3 is 0 Å². The molecule has 0 radical (unpaired) electrons. The third-order valence-electron chi connectivity index (χ3n) is 1.70. The molecule has 0 aliphatic heterocycles. The Hall–Kier alpha value is -0.980. The molecule has 1 aliphatic carbocycles. The highest BCUT2D eigenvalue weighted by atomic mass is 19.4. The van der Waals surface area contributed by atoms with Gasteiger partial charge in [0.05, 0.1) is 0 Å². The smallest absolute Gasteiger partial charge is 0.290 e. The van der Waals surface area contributed by atoms with Crippen molar-refractivity contribution < 1.29 is 26.3 Å². The van der Waals surface area contributed by atoms with E-state index in [2.05, 4.69) is 5.73 Å². The predicted octanol–water partition coefficient (Wildman–Crippen LogP) is 2.51. The van der Waals surface area contributed by atoms with Gasteiger partial charge in [0.25, 0.3) is 0 Å². The summed E-state index contributed by atoms with van der Waals surface area (Å²) in [5.74, 6) is -10.5. The predicted molar refractivity (Wildman–Crippen MR) is 36.0 cm³/mol. The first-order valence-corrected chi connectivity index (χ1v) is 3.46. The van der Waals surface area contributed by atoms with E-state index in [0.717, 1.165) is 0 Å². The van der Waals surface area contributed by atoms with Crippen molar-refractivity contribution in [1.29, 1.82) is 0 Å². The van der Waals surface area contributed by atoms with Crippen LogP contribution in [-0.2, 0) is 0 Å². The molecule has 14 heavy (non-hydrogen) atoms. The Morgan fingerprint density at radius 1 is 1.29 bits per heavy atom. The second-order valence-corrected chi connectivity index (χ2v) is 2.81. The highest BCUT2D eigenvalue weighted by Crippen LogP contribution is 2.41. The summed E-state index contributed by atoms with van der Waals surface area (Å²) >= 11 is 0. The van der Waals surface area contributed by atoms with Crippen LogP contribution in [0.25, 0.3) is 0 Å². The molecule has 0 heterocycles. The summed E-state index contributed by atoms with van der Waals surface area (Å²) in [5.41, 5.74) is 4.52. The second-order valence-electron chi connectivity index (χ2n) is 2.81. The van der Waals surface area contributed by atoms with E-state index in [-0.39, 0.29) is 12.2 Å². The average molecular weight is 217 g/mol. The molecular weight excluding hydrogens is 212 g/mol. The summed E-state index contributed by atoms with van der Waals surface area (Å²) in [6.07, 6.45) is -4.70. The molecular formula is C7H5F6N. The van der Waals surface area contributed by atoms with Gasteiger partial charge in [0.1, 0.15) is 5.92 Å². The van der Waals surface area contributed by atoms with Crippen LogP contribution < -0.4 is 5.73 Å². The number of allylic oxidation sites excluding steroid dienone is 2. The highest BCUT2D eigenvalue weighted by molar-refractivity contribution is 5.30. The molecule has 0 spiro atoms. The van der Waals surface area contributed by atoms with Gasteiger partial charge in [-0.3, -0.25) is 5.73 Å². The van der Waals surface area contributed by atoms with Gasteiger partial charge in [-0.25, -0.2) is 13.2 Å². The molecule has 0 fully saturated rings. The van der Waals surface area contributed by atoms with Crippen LogP contribution in [0.5, 0.6) is 0 Å². The summed E-state index contributed by atoms with van der Waals surface area (Å²) in [5, 5.41) is 0. The van der Waals surface area contributed by atoms with Crippen LogP contribution in [0.1, 0.15) is 0 Å². The summed E-state index contributed by atoms with van der Waals surface area (Å²) in [4.78, 5) is 0. The first kappa shape index (κ1) is 11.1. The van der Waals surface area contributed by atoms with Crippen LogP contribution in [0.3, 0.4) is 0 Å². The maximum absolute atomic E-state index is 12.7. The van der Waals surface area contributed by atoms with E-state index in [1.807, 2.05) is 0 Å². The third-order valence-corrected chi connectivity index (χ3v) is 1.70. The Labute approximate surface area is 74.9 Å². The fraction of sp³-hybridized carbons (Fsp3) is 0.429. The van der Waals surface area contributed by atoms with Crippen LogP contribution >= 0.6 is 0 Å². The van der Waals surface area contributed by atoms with Crippen molar-refractivity contribution in [3.63, 3.8) is 0 Å². The van der Waals surface area contributed by atoms with Gasteiger partial charge >= 0.3 is 6.18 Å². The number of rotatable bonds is 0. The lowest BCUT2D eigenvalue weighted by Crippen LogP contribution is -2.38. The van der Waals surface area contributed by atoms with Gasteiger partial charge in [-0.05, 0) is 6.08 Å². The van der Waals surface area contributed by atoms with Crippen molar-refractivity contribution >= 4 is 0 Å². The Bertz CT molecular complexity index is 300. The molecule has 7 heteroatoms. The monoisotopic (exact) mass is 217 g/mol. The standard InChI is InChI=1S/C7H5F6N/c8-4-3(7(11,12)13)1-2-6(10,14)5(4)9/h1-3H,14H2. The average Bonchev–Trinajstić information content (AvgIpc) is 1.97. The molecule has 2 unspecified atom stereocenters. The third kappa shape index (κ3) is 1.77. The second kappa shape index (κ2) is 3.01. The lowest BCUT2D eigenvalue weighted by Gasteiger charge is -2.24. The maximum Gasteiger partial charge on any atom is 0.401 e. The first-order valence-electron chi connectivity index (χ1n) is 3.46. The molecule has 1 aliphatic rings. The van der Waals surface area contributed by atoms with Crippen LogP contribution in [0, 0.1) is 5.92 Å². The molecule has 0 amide bonds. The van der Waals surface area contributed by atoms with Crippen LogP contribution in [0.4, 0.5) is 26.3 Å². The van der Waals surface area contributed by atoms with E-state index >= 15 is 0 Å². The maximum atomic E-state index is 12.7.